The summed E-state index contributed by atoms with van der Waals surface area (Å²) in [5.41, 5.74) is 0. The molecule has 0 N–H and O–H groups in total. The first-order valence-electron chi connectivity index (χ1n) is 10.3. The molecule has 2 saturated carbocycles. The Bertz CT molecular complexity index is 799. The van der Waals surface area contributed by atoms with Gasteiger partial charge in [0, 0.05) is 6.04 Å². The Labute approximate surface area is 175 Å². The summed E-state index contributed by atoms with van der Waals surface area (Å²) in [4.78, 5) is 13.7. The van der Waals surface area contributed by atoms with Crippen molar-refractivity contribution in [2.24, 2.45) is 17.8 Å². The van der Waals surface area contributed by atoms with Crippen molar-refractivity contribution < 1.29 is 9.53 Å². The van der Waals surface area contributed by atoms with E-state index in [0.29, 0.717) is 29.5 Å². The Balaban J connectivity index is 1.40. The maximum absolute atomic E-state index is 12.6. The number of hydrogen-bond acceptors (Lipinski definition) is 6. The third kappa shape index (κ3) is 4.46. The van der Waals surface area contributed by atoms with E-state index in [1.54, 1.807) is 11.3 Å². The zero-order valence-corrected chi connectivity index (χ0v) is 18.5. The molecule has 28 heavy (non-hydrogen) atoms. The first-order chi connectivity index (χ1) is 13.5. The van der Waals surface area contributed by atoms with Crippen LogP contribution in [0.4, 0.5) is 0 Å². The van der Waals surface area contributed by atoms with Gasteiger partial charge >= 0.3 is 5.97 Å². The van der Waals surface area contributed by atoms with Crippen molar-refractivity contribution in [1.82, 2.24) is 14.8 Å². The Morgan fingerprint density at radius 1 is 1.32 bits per heavy atom. The predicted molar refractivity (Wildman–Crippen MR) is 114 cm³/mol. The minimum absolute atomic E-state index is 0.0554. The SMILES string of the molecule is CC(C)[C@@H]1CC[C@H](C)C[C@H]1OC(=O)CSc1nnc(-c2cccs2)n1C1CC1. The molecule has 0 saturated heterocycles. The van der Waals surface area contributed by atoms with Crippen molar-refractivity contribution in [3.05, 3.63) is 17.5 Å². The van der Waals surface area contributed by atoms with Crippen LogP contribution in [0.3, 0.4) is 0 Å². The second-order valence-electron chi connectivity index (χ2n) is 8.53. The van der Waals surface area contributed by atoms with Gasteiger partial charge in [-0.15, -0.1) is 21.5 Å². The third-order valence-electron chi connectivity index (χ3n) is 5.88. The van der Waals surface area contributed by atoms with Crippen LogP contribution in [0.15, 0.2) is 22.7 Å². The van der Waals surface area contributed by atoms with Crippen molar-refractivity contribution in [3.63, 3.8) is 0 Å². The number of ether oxygens (including phenoxy) is 1. The molecule has 0 radical (unpaired) electrons. The first kappa shape index (κ1) is 20.0. The summed E-state index contributed by atoms with van der Waals surface area (Å²) in [5, 5.41) is 11.7. The van der Waals surface area contributed by atoms with Gasteiger partial charge in [0.1, 0.15) is 6.10 Å². The zero-order chi connectivity index (χ0) is 19.7. The highest BCUT2D eigenvalue weighted by atomic mass is 32.2. The molecule has 2 aromatic rings. The lowest BCUT2D eigenvalue weighted by atomic mass is 9.75. The molecule has 0 bridgehead atoms. The van der Waals surface area contributed by atoms with E-state index in [1.807, 2.05) is 6.07 Å². The smallest absolute Gasteiger partial charge is 0.316 e. The molecule has 0 aromatic carbocycles. The van der Waals surface area contributed by atoms with Gasteiger partial charge in [-0.1, -0.05) is 45.0 Å². The molecule has 2 heterocycles. The van der Waals surface area contributed by atoms with Crippen LogP contribution in [0.1, 0.15) is 58.9 Å². The fourth-order valence-electron chi connectivity index (χ4n) is 4.19. The monoisotopic (exact) mass is 419 g/mol. The quantitative estimate of drug-likeness (QED) is 0.442. The number of thioether (sulfide) groups is 1. The molecule has 0 amide bonds. The lowest BCUT2D eigenvalue weighted by Crippen LogP contribution is -2.36. The summed E-state index contributed by atoms with van der Waals surface area (Å²) in [7, 11) is 0. The van der Waals surface area contributed by atoms with E-state index in [2.05, 4.69) is 47.0 Å². The second kappa shape index (κ2) is 8.57. The summed E-state index contributed by atoms with van der Waals surface area (Å²) in [6.45, 7) is 6.73. The molecule has 2 fully saturated rings. The number of hydrogen-bond donors (Lipinski definition) is 0. The van der Waals surface area contributed by atoms with Gasteiger partial charge in [-0.2, -0.15) is 0 Å². The second-order valence-corrected chi connectivity index (χ2v) is 10.4. The van der Waals surface area contributed by atoms with E-state index < -0.39 is 0 Å². The molecule has 0 spiro atoms. The van der Waals surface area contributed by atoms with E-state index in [-0.39, 0.29) is 12.1 Å². The Kier molecular flexibility index (Phi) is 6.11. The van der Waals surface area contributed by atoms with Gasteiger partial charge in [0.2, 0.25) is 0 Å². The molecule has 152 valence electrons. The Morgan fingerprint density at radius 2 is 2.14 bits per heavy atom. The van der Waals surface area contributed by atoms with Crippen molar-refractivity contribution in [2.75, 3.05) is 5.75 Å². The standard InChI is InChI=1S/C21H29N3O2S2/c1-13(2)16-9-6-14(3)11-17(16)26-19(25)12-28-21-23-22-20(18-5-4-10-27-18)24(21)15-7-8-15/h4-5,10,13-17H,6-9,11-12H2,1-3H3/t14-,16-,17+/m0/s1. The number of rotatable bonds is 7. The van der Waals surface area contributed by atoms with E-state index in [4.69, 9.17) is 4.74 Å². The van der Waals surface area contributed by atoms with E-state index in [0.717, 1.165) is 41.5 Å². The molecule has 3 atom stereocenters. The molecular weight excluding hydrogens is 390 g/mol. The van der Waals surface area contributed by atoms with E-state index in [9.17, 15) is 4.79 Å². The molecule has 2 aromatic heterocycles. The predicted octanol–water partition coefficient (Wildman–Crippen LogP) is 5.44. The van der Waals surface area contributed by atoms with Crippen molar-refractivity contribution >= 4 is 29.1 Å². The van der Waals surface area contributed by atoms with Crippen molar-refractivity contribution in [1.29, 1.82) is 0 Å². The van der Waals surface area contributed by atoms with Crippen LogP contribution in [0.25, 0.3) is 10.7 Å². The maximum Gasteiger partial charge on any atom is 0.316 e. The fourth-order valence-corrected chi connectivity index (χ4v) is 5.68. The highest BCUT2D eigenvalue weighted by molar-refractivity contribution is 7.99. The van der Waals surface area contributed by atoms with Crippen LogP contribution in [0.5, 0.6) is 0 Å². The average Bonchev–Trinajstić information content (AvgIpc) is 3.17. The zero-order valence-electron chi connectivity index (χ0n) is 16.8. The van der Waals surface area contributed by atoms with E-state index in [1.165, 1.54) is 18.2 Å². The molecule has 2 aliphatic carbocycles. The van der Waals surface area contributed by atoms with Gasteiger partial charge in [0.25, 0.3) is 0 Å². The molecule has 4 rings (SSSR count). The normalized spacial score (nSPS) is 25.2. The van der Waals surface area contributed by atoms with E-state index >= 15 is 0 Å². The minimum atomic E-state index is -0.127. The lowest BCUT2D eigenvalue weighted by Gasteiger charge is -2.36. The lowest BCUT2D eigenvalue weighted by molar-refractivity contribution is -0.152. The highest BCUT2D eigenvalue weighted by Crippen LogP contribution is 2.42. The van der Waals surface area contributed by atoms with Crippen LogP contribution >= 0.6 is 23.1 Å². The molecule has 2 aliphatic rings. The summed E-state index contributed by atoms with van der Waals surface area (Å²) >= 11 is 3.14. The third-order valence-corrected chi connectivity index (χ3v) is 7.66. The molecule has 0 unspecified atom stereocenters. The largest absolute Gasteiger partial charge is 0.461 e. The van der Waals surface area contributed by atoms with Gasteiger partial charge in [0.05, 0.1) is 10.6 Å². The van der Waals surface area contributed by atoms with Crippen molar-refractivity contribution in [3.8, 4) is 10.7 Å². The van der Waals surface area contributed by atoms with Crippen LogP contribution in [0, 0.1) is 17.8 Å². The maximum atomic E-state index is 12.6. The Morgan fingerprint density at radius 3 is 2.82 bits per heavy atom. The topological polar surface area (TPSA) is 57.0 Å². The molecular formula is C21H29N3O2S2. The van der Waals surface area contributed by atoms with Gasteiger partial charge in [0.15, 0.2) is 11.0 Å². The van der Waals surface area contributed by atoms with Gasteiger partial charge in [-0.05, 0) is 54.9 Å². The van der Waals surface area contributed by atoms with Crippen molar-refractivity contribution in [2.45, 2.75) is 70.2 Å². The molecule has 0 aliphatic heterocycles. The number of esters is 1. The average molecular weight is 420 g/mol. The Hall–Kier alpha value is -1.34. The summed E-state index contributed by atoms with van der Waals surface area (Å²) < 4.78 is 8.15. The summed E-state index contributed by atoms with van der Waals surface area (Å²) in [5.74, 6) is 2.75. The molecule has 7 heteroatoms. The fraction of sp³-hybridized carbons (Fsp3) is 0.667. The number of carbonyl (C=O) groups is 1. The number of carbonyl (C=O) groups excluding carboxylic acids is 1. The van der Waals surface area contributed by atoms with Gasteiger partial charge < -0.3 is 4.74 Å². The summed E-state index contributed by atoms with van der Waals surface area (Å²) in [6.07, 6.45) is 5.75. The van der Waals surface area contributed by atoms with Crippen LogP contribution in [-0.2, 0) is 9.53 Å². The van der Waals surface area contributed by atoms with Gasteiger partial charge in [-0.3, -0.25) is 9.36 Å². The van der Waals surface area contributed by atoms with Crippen LogP contribution in [0.2, 0.25) is 0 Å². The minimum Gasteiger partial charge on any atom is -0.461 e. The van der Waals surface area contributed by atoms with Crippen LogP contribution in [-0.4, -0.2) is 32.6 Å². The van der Waals surface area contributed by atoms with Crippen LogP contribution < -0.4 is 0 Å². The van der Waals surface area contributed by atoms with Gasteiger partial charge in [-0.25, -0.2) is 0 Å². The molecule has 5 nitrogen and oxygen atoms in total. The first-order valence-corrected chi connectivity index (χ1v) is 12.2. The number of nitrogens with zero attached hydrogens (tertiary/aromatic N) is 3. The highest BCUT2D eigenvalue weighted by Gasteiger charge is 2.34. The summed E-state index contributed by atoms with van der Waals surface area (Å²) in [6, 6.07) is 4.58. The number of aromatic nitrogens is 3. The number of thiophene rings is 1.